The second kappa shape index (κ2) is 11.2. The molecule has 4 rings (SSSR count). The Balaban J connectivity index is 1.93. The van der Waals surface area contributed by atoms with Crippen LogP contribution < -0.4 is 24.4 Å². The highest BCUT2D eigenvalue weighted by molar-refractivity contribution is 7.07. The zero-order valence-corrected chi connectivity index (χ0v) is 21.5. The first kappa shape index (κ1) is 25.2. The number of benzene rings is 2. The molecule has 1 aromatic heterocycles. The van der Waals surface area contributed by atoms with Crippen LogP contribution in [-0.2, 0) is 9.53 Å². The number of fused-ring (bicyclic) bond motifs is 1. The first-order valence-corrected chi connectivity index (χ1v) is 12.5. The molecule has 3 aromatic rings. The van der Waals surface area contributed by atoms with E-state index in [1.807, 2.05) is 61.5 Å². The van der Waals surface area contributed by atoms with E-state index in [4.69, 9.17) is 14.2 Å². The van der Waals surface area contributed by atoms with Gasteiger partial charge in [0.2, 0.25) is 0 Å². The van der Waals surface area contributed by atoms with Crippen molar-refractivity contribution in [3.63, 3.8) is 0 Å². The number of nitrogens with zero attached hydrogens (tertiary/aromatic N) is 2. The summed E-state index contributed by atoms with van der Waals surface area (Å²) in [5, 5.41) is 0. The van der Waals surface area contributed by atoms with Gasteiger partial charge >= 0.3 is 5.97 Å². The fourth-order valence-electron chi connectivity index (χ4n) is 4.12. The monoisotopic (exact) mass is 504 g/mol. The number of allylic oxidation sites excluding steroid dienone is 2. The van der Waals surface area contributed by atoms with Gasteiger partial charge in [-0.2, -0.15) is 0 Å². The topological polar surface area (TPSA) is 79.1 Å². The van der Waals surface area contributed by atoms with Gasteiger partial charge in [0.05, 0.1) is 36.1 Å². The van der Waals surface area contributed by atoms with Crippen LogP contribution >= 0.6 is 11.3 Å². The van der Waals surface area contributed by atoms with Crippen LogP contribution in [0.1, 0.15) is 37.9 Å². The third-order valence-corrected chi connectivity index (χ3v) is 6.67. The molecule has 0 spiro atoms. The molecule has 2 aromatic carbocycles. The lowest BCUT2D eigenvalue weighted by Gasteiger charge is -2.26. The van der Waals surface area contributed by atoms with E-state index in [2.05, 4.69) is 4.99 Å². The smallest absolute Gasteiger partial charge is 0.338 e. The third kappa shape index (κ3) is 4.90. The molecule has 7 nitrogen and oxygen atoms in total. The van der Waals surface area contributed by atoms with E-state index in [0.717, 1.165) is 5.56 Å². The van der Waals surface area contributed by atoms with Gasteiger partial charge in [-0.3, -0.25) is 9.36 Å². The van der Waals surface area contributed by atoms with Crippen molar-refractivity contribution in [2.45, 2.75) is 26.8 Å². The molecule has 0 amide bonds. The molecule has 1 aliphatic heterocycles. The molecule has 1 aliphatic rings. The Kier molecular flexibility index (Phi) is 7.85. The summed E-state index contributed by atoms with van der Waals surface area (Å²) in [6.07, 6.45) is 5.54. The fraction of sp³-hybridized carbons (Fsp3) is 0.250. The van der Waals surface area contributed by atoms with Gasteiger partial charge in [0.25, 0.3) is 5.56 Å². The summed E-state index contributed by atoms with van der Waals surface area (Å²) >= 11 is 1.27. The van der Waals surface area contributed by atoms with Gasteiger partial charge in [-0.1, -0.05) is 66.0 Å². The molecule has 0 aliphatic carbocycles. The molecule has 0 saturated heterocycles. The lowest BCUT2D eigenvalue weighted by Crippen LogP contribution is -2.40. The number of para-hydroxylation sites is 1. The maximum Gasteiger partial charge on any atom is 0.338 e. The summed E-state index contributed by atoms with van der Waals surface area (Å²) in [5.74, 6) is 0.468. The summed E-state index contributed by atoms with van der Waals surface area (Å²) < 4.78 is 18.9. The second-order valence-corrected chi connectivity index (χ2v) is 8.92. The zero-order chi connectivity index (χ0) is 25.7. The average molecular weight is 505 g/mol. The van der Waals surface area contributed by atoms with E-state index in [0.29, 0.717) is 44.3 Å². The van der Waals surface area contributed by atoms with Gasteiger partial charge in [0, 0.05) is 5.56 Å². The summed E-state index contributed by atoms with van der Waals surface area (Å²) in [4.78, 5) is 31.9. The van der Waals surface area contributed by atoms with Crippen LogP contribution in [0.25, 0.3) is 12.2 Å². The number of carbonyl (C=O) groups is 1. The minimum Gasteiger partial charge on any atom is -0.493 e. The fourth-order valence-corrected chi connectivity index (χ4v) is 5.12. The number of esters is 1. The largest absolute Gasteiger partial charge is 0.493 e. The van der Waals surface area contributed by atoms with E-state index in [1.54, 1.807) is 37.7 Å². The van der Waals surface area contributed by atoms with Crippen LogP contribution in [0.2, 0.25) is 0 Å². The predicted octanol–water partition coefficient (Wildman–Crippen LogP) is 3.87. The Morgan fingerprint density at radius 2 is 1.89 bits per heavy atom. The highest BCUT2D eigenvalue weighted by Crippen LogP contribution is 2.40. The Bertz CT molecular complexity index is 1500. The van der Waals surface area contributed by atoms with Crippen LogP contribution in [0.15, 0.2) is 75.7 Å². The summed E-state index contributed by atoms with van der Waals surface area (Å²) in [6.45, 7) is 5.96. The minimum absolute atomic E-state index is 0.202. The third-order valence-electron chi connectivity index (χ3n) is 5.67. The molecule has 8 heteroatoms. The van der Waals surface area contributed by atoms with Crippen LogP contribution in [0.3, 0.4) is 0 Å². The molecular weight excluding hydrogens is 476 g/mol. The van der Waals surface area contributed by atoms with Crippen molar-refractivity contribution in [1.29, 1.82) is 0 Å². The van der Waals surface area contributed by atoms with E-state index in [-0.39, 0.29) is 12.2 Å². The Labute approximate surface area is 213 Å². The summed E-state index contributed by atoms with van der Waals surface area (Å²) in [7, 11) is 1.56. The molecule has 1 atom stereocenters. The van der Waals surface area contributed by atoms with Crippen LogP contribution in [-0.4, -0.2) is 30.9 Å². The molecule has 0 radical (unpaired) electrons. The summed E-state index contributed by atoms with van der Waals surface area (Å²) in [6, 6.07) is 14.5. The zero-order valence-electron chi connectivity index (χ0n) is 20.7. The van der Waals surface area contributed by atoms with Crippen LogP contribution in [0.4, 0.5) is 0 Å². The highest BCUT2D eigenvalue weighted by atomic mass is 32.1. The molecule has 0 saturated carbocycles. The van der Waals surface area contributed by atoms with Gasteiger partial charge in [0.1, 0.15) is 6.04 Å². The number of carbonyl (C=O) groups excluding carboxylic acids is 1. The van der Waals surface area contributed by atoms with Crippen LogP contribution in [0.5, 0.6) is 11.5 Å². The SMILES string of the molecule is CCOC(=O)C1=C(C)N=c2sc(=C/C=C\c3ccccc3)c(=O)n2[C@@H]1c1cccc(OC)c1OCC. The van der Waals surface area contributed by atoms with Crippen molar-refractivity contribution in [3.05, 3.63) is 96.7 Å². The van der Waals surface area contributed by atoms with Gasteiger partial charge in [-0.15, -0.1) is 0 Å². The van der Waals surface area contributed by atoms with E-state index < -0.39 is 12.0 Å². The molecule has 0 N–H and O–H groups in total. The van der Waals surface area contributed by atoms with Crippen molar-refractivity contribution in [1.82, 2.24) is 4.57 Å². The first-order valence-electron chi connectivity index (χ1n) is 11.7. The predicted molar refractivity (Wildman–Crippen MR) is 141 cm³/mol. The van der Waals surface area contributed by atoms with Crippen molar-refractivity contribution in [2.75, 3.05) is 20.3 Å². The van der Waals surface area contributed by atoms with Gasteiger partial charge in [0.15, 0.2) is 16.3 Å². The van der Waals surface area contributed by atoms with Crippen molar-refractivity contribution >= 4 is 29.5 Å². The minimum atomic E-state index is -0.780. The van der Waals surface area contributed by atoms with Crippen LogP contribution in [0, 0.1) is 0 Å². The number of aromatic nitrogens is 1. The first-order chi connectivity index (χ1) is 17.5. The molecule has 2 heterocycles. The van der Waals surface area contributed by atoms with E-state index in [1.165, 1.54) is 11.3 Å². The van der Waals surface area contributed by atoms with Crippen molar-refractivity contribution in [3.8, 4) is 11.5 Å². The highest BCUT2D eigenvalue weighted by Gasteiger charge is 2.35. The number of thiazole rings is 1. The Morgan fingerprint density at radius 3 is 2.58 bits per heavy atom. The van der Waals surface area contributed by atoms with Crippen molar-refractivity contribution < 1.29 is 19.0 Å². The van der Waals surface area contributed by atoms with Gasteiger partial charge in [-0.05, 0) is 38.5 Å². The van der Waals surface area contributed by atoms with E-state index >= 15 is 0 Å². The quantitative estimate of drug-likeness (QED) is 0.435. The lowest BCUT2D eigenvalue weighted by molar-refractivity contribution is -0.139. The standard InChI is InChI=1S/C28H28N2O5S/c1-5-34-25-20(15-11-16-21(25)33-4)24-23(27(32)35-6-2)18(3)29-28-30(24)26(31)22(36-28)17-10-14-19-12-8-7-9-13-19/h7-17,24H,5-6H2,1-4H3/b14-10-,22-17?/t24-/m1/s1. The molecule has 186 valence electrons. The number of ether oxygens (including phenoxy) is 3. The Morgan fingerprint density at radius 1 is 1.11 bits per heavy atom. The lowest BCUT2D eigenvalue weighted by atomic mass is 9.94. The number of methoxy groups -OCH3 is 1. The van der Waals surface area contributed by atoms with Crippen molar-refractivity contribution in [2.24, 2.45) is 4.99 Å². The number of hydrogen-bond acceptors (Lipinski definition) is 7. The molecule has 0 bridgehead atoms. The second-order valence-electron chi connectivity index (χ2n) is 7.91. The molecule has 36 heavy (non-hydrogen) atoms. The number of rotatable bonds is 8. The molecule has 0 fully saturated rings. The summed E-state index contributed by atoms with van der Waals surface area (Å²) in [5.41, 5.74) is 2.20. The average Bonchev–Trinajstić information content (AvgIpc) is 3.19. The van der Waals surface area contributed by atoms with E-state index in [9.17, 15) is 9.59 Å². The van der Waals surface area contributed by atoms with Gasteiger partial charge < -0.3 is 14.2 Å². The Hall–Kier alpha value is -3.91. The maximum atomic E-state index is 13.7. The molecule has 0 unspecified atom stereocenters. The molecular formula is C28H28N2O5S. The normalized spacial score (nSPS) is 15.6. The number of hydrogen-bond donors (Lipinski definition) is 0. The van der Waals surface area contributed by atoms with Gasteiger partial charge in [-0.25, -0.2) is 9.79 Å². The maximum absolute atomic E-state index is 13.7.